The number of sulfone groups is 1. The summed E-state index contributed by atoms with van der Waals surface area (Å²) in [5.41, 5.74) is 0. The topological polar surface area (TPSA) is 46.2 Å². The number of nitrogens with one attached hydrogen (secondary N) is 1. The van der Waals surface area contributed by atoms with Crippen LogP contribution in [0.25, 0.3) is 0 Å². The van der Waals surface area contributed by atoms with Crippen molar-refractivity contribution in [2.75, 3.05) is 19.3 Å². The van der Waals surface area contributed by atoms with Gasteiger partial charge in [0, 0.05) is 0 Å². The predicted octanol–water partition coefficient (Wildman–Crippen LogP) is 1.84. The molecule has 0 aliphatic rings. The molecule has 0 aromatic heterocycles. The molecule has 0 amide bonds. The number of rotatable bonds is 6. The molecule has 4 heteroatoms. The standard InChI is InChI=1S/C11H25NO2S/c1-10(6-8-12-5)7-9-15(13,14)11(2,3)4/h10,12H,6-9H2,1-5H3. The zero-order valence-corrected chi connectivity index (χ0v) is 11.4. The van der Waals surface area contributed by atoms with Crippen molar-refractivity contribution in [3.05, 3.63) is 0 Å². The molecule has 0 aromatic carbocycles. The van der Waals surface area contributed by atoms with Crippen molar-refractivity contribution in [1.29, 1.82) is 0 Å². The van der Waals surface area contributed by atoms with Crippen LogP contribution in [0.3, 0.4) is 0 Å². The summed E-state index contributed by atoms with van der Waals surface area (Å²) in [7, 11) is -1.02. The van der Waals surface area contributed by atoms with Crippen LogP contribution in [0.15, 0.2) is 0 Å². The van der Waals surface area contributed by atoms with Crippen molar-refractivity contribution in [1.82, 2.24) is 5.32 Å². The summed E-state index contributed by atoms with van der Waals surface area (Å²) in [5.74, 6) is 0.774. The molecule has 0 saturated heterocycles. The molecule has 1 N–H and O–H groups in total. The fourth-order valence-electron chi connectivity index (χ4n) is 1.20. The van der Waals surface area contributed by atoms with Gasteiger partial charge >= 0.3 is 0 Å². The molecule has 0 aromatic rings. The van der Waals surface area contributed by atoms with E-state index in [-0.39, 0.29) is 0 Å². The van der Waals surface area contributed by atoms with Crippen molar-refractivity contribution in [3.8, 4) is 0 Å². The first-order valence-electron chi connectivity index (χ1n) is 5.57. The normalized spacial score (nSPS) is 15.3. The number of hydrogen-bond donors (Lipinski definition) is 1. The van der Waals surface area contributed by atoms with Crippen LogP contribution in [0.4, 0.5) is 0 Å². The molecule has 0 aliphatic carbocycles. The molecule has 1 unspecified atom stereocenters. The summed E-state index contributed by atoms with van der Waals surface area (Å²) in [6, 6.07) is 0. The average Bonchev–Trinajstić information content (AvgIpc) is 2.09. The van der Waals surface area contributed by atoms with Gasteiger partial charge in [0.05, 0.1) is 10.5 Å². The first-order valence-corrected chi connectivity index (χ1v) is 7.23. The maximum Gasteiger partial charge on any atom is 0.155 e. The minimum atomic E-state index is -2.94. The van der Waals surface area contributed by atoms with Gasteiger partial charge in [0.2, 0.25) is 0 Å². The lowest BCUT2D eigenvalue weighted by atomic mass is 10.1. The lowest BCUT2D eigenvalue weighted by Crippen LogP contribution is -2.31. The molecule has 15 heavy (non-hydrogen) atoms. The quantitative estimate of drug-likeness (QED) is 0.764. The Morgan fingerprint density at radius 3 is 2.13 bits per heavy atom. The molecule has 0 bridgehead atoms. The fourth-order valence-corrected chi connectivity index (χ4v) is 2.52. The SMILES string of the molecule is CNCCC(C)CCS(=O)(=O)C(C)(C)C. The van der Waals surface area contributed by atoms with Crippen LogP contribution >= 0.6 is 0 Å². The van der Waals surface area contributed by atoms with Gasteiger partial charge in [-0.05, 0) is 53.1 Å². The van der Waals surface area contributed by atoms with Gasteiger partial charge in [0.15, 0.2) is 9.84 Å². The minimum Gasteiger partial charge on any atom is -0.320 e. The Morgan fingerprint density at radius 2 is 1.73 bits per heavy atom. The largest absolute Gasteiger partial charge is 0.320 e. The minimum absolute atomic E-state index is 0.307. The molecule has 1 atom stereocenters. The molecule has 0 heterocycles. The molecule has 0 saturated carbocycles. The van der Waals surface area contributed by atoms with Crippen LogP contribution < -0.4 is 5.32 Å². The Bertz CT molecular complexity index is 265. The summed E-state index contributed by atoms with van der Waals surface area (Å²) < 4.78 is 23.0. The van der Waals surface area contributed by atoms with Crippen molar-refractivity contribution >= 4 is 9.84 Å². The van der Waals surface area contributed by atoms with Gasteiger partial charge in [-0.2, -0.15) is 0 Å². The van der Waals surface area contributed by atoms with E-state index in [0.29, 0.717) is 11.7 Å². The monoisotopic (exact) mass is 235 g/mol. The number of hydrogen-bond acceptors (Lipinski definition) is 3. The van der Waals surface area contributed by atoms with E-state index in [1.807, 2.05) is 7.05 Å². The van der Waals surface area contributed by atoms with Gasteiger partial charge in [-0.25, -0.2) is 8.42 Å². The smallest absolute Gasteiger partial charge is 0.155 e. The summed E-state index contributed by atoms with van der Waals surface area (Å²) >= 11 is 0. The molecule has 92 valence electrons. The summed E-state index contributed by atoms with van der Waals surface area (Å²) in [4.78, 5) is 0. The third kappa shape index (κ3) is 5.52. The highest BCUT2D eigenvalue weighted by Gasteiger charge is 2.28. The summed E-state index contributed by atoms with van der Waals surface area (Å²) in [6.45, 7) is 8.36. The molecular weight excluding hydrogens is 210 g/mol. The van der Waals surface area contributed by atoms with Crippen molar-refractivity contribution in [3.63, 3.8) is 0 Å². The first kappa shape index (κ1) is 14.9. The second-order valence-corrected chi connectivity index (χ2v) is 8.08. The van der Waals surface area contributed by atoms with Crippen LogP contribution in [-0.4, -0.2) is 32.5 Å². The van der Waals surface area contributed by atoms with Crippen LogP contribution in [0.2, 0.25) is 0 Å². The van der Waals surface area contributed by atoms with Gasteiger partial charge in [-0.3, -0.25) is 0 Å². The molecule has 3 nitrogen and oxygen atoms in total. The highest BCUT2D eigenvalue weighted by Crippen LogP contribution is 2.19. The molecule has 0 fully saturated rings. The Kier molecular flexibility index (Phi) is 5.81. The Balaban J connectivity index is 4.06. The van der Waals surface area contributed by atoms with E-state index in [9.17, 15) is 8.42 Å². The Morgan fingerprint density at radius 1 is 1.20 bits per heavy atom. The van der Waals surface area contributed by atoms with Crippen molar-refractivity contribution in [2.24, 2.45) is 5.92 Å². The lowest BCUT2D eigenvalue weighted by Gasteiger charge is -2.20. The average molecular weight is 235 g/mol. The Labute approximate surface area is 94.6 Å². The first-order chi connectivity index (χ1) is 6.70. The second kappa shape index (κ2) is 5.85. The maximum absolute atomic E-state index is 11.8. The molecular formula is C11H25NO2S. The fraction of sp³-hybridized carbons (Fsp3) is 1.00. The lowest BCUT2D eigenvalue weighted by molar-refractivity contribution is 0.492. The highest BCUT2D eigenvalue weighted by atomic mass is 32.2. The zero-order valence-electron chi connectivity index (χ0n) is 10.6. The second-order valence-electron chi connectivity index (χ2n) is 5.22. The molecule has 0 aliphatic heterocycles. The summed E-state index contributed by atoms with van der Waals surface area (Å²) in [6.07, 6.45) is 1.80. The third-order valence-electron chi connectivity index (χ3n) is 2.70. The van der Waals surface area contributed by atoms with Gasteiger partial charge in [-0.15, -0.1) is 0 Å². The summed E-state index contributed by atoms with van der Waals surface area (Å²) in [5, 5.41) is 3.08. The van der Waals surface area contributed by atoms with Crippen LogP contribution in [0.5, 0.6) is 0 Å². The van der Waals surface area contributed by atoms with Gasteiger partial charge in [-0.1, -0.05) is 6.92 Å². The predicted molar refractivity (Wildman–Crippen MR) is 65.9 cm³/mol. The van der Waals surface area contributed by atoms with E-state index in [1.54, 1.807) is 20.8 Å². The third-order valence-corrected chi connectivity index (χ3v) is 5.34. The Hall–Kier alpha value is -0.0900. The van der Waals surface area contributed by atoms with E-state index in [4.69, 9.17) is 0 Å². The van der Waals surface area contributed by atoms with Crippen LogP contribution in [0, 0.1) is 5.92 Å². The van der Waals surface area contributed by atoms with Crippen LogP contribution in [-0.2, 0) is 9.84 Å². The van der Waals surface area contributed by atoms with Gasteiger partial charge < -0.3 is 5.32 Å². The van der Waals surface area contributed by atoms with Crippen LogP contribution in [0.1, 0.15) is 40.5 Å². The van der Waals surface area contributed by atoms with E-state index in [0.717, 1.165) is 19.4 Å². The van der Waals surface area contributed by atoms with Gasteiger partial charge in [0.1, 0.15) is 0 Å². The molecule has 0 radical (unpaired) electrons. The molecule has 0 rings (SSSR count). The van der Waals surface area contributed by atoms with Crippen molar-refractivity contribution in [2.45, 2.75) is 45.3 Å². The van der Waals surface area contributed by atoms with E-state index >= 15 is 0 Å². The van der Waals surface area contributed by atoms with E-state index < -0.39 is 14.6 Å². The maximum atomic E-state index is 11.8. The van der Waals surface area contributed by atoms with E-state index in [2.05, 4.69) is 12.2 Å². The zero-order chi connectivity index (χ0) is 12.1. The van der Waals surface area contributed by atoms with E-state index in [1.165, 1.54) is 0 Å². The highest BCUT2D eigenvalue weighted by molar-refractivity contribution is 7.92. The van der Waals surface area contributed by atoms with Gasteiger partial charge in [0.25, 0.3) is 0 Å². The molecule has 0 spiro atoms. The van der Waals surface area contributed by atoms with Crippen molar-refractivity contribution < 1.29 is 8.42 Å².